The fourth-order valence-corrected chi connectivity index (χ4v) is 0.829. The summed E-state index contributed by atoms with van der Waals surface area (Å²) in [6.07, 6.45) is -0.123. The van der Waals surface area contributed by atoms with Gasteiger partial charge in [0.15, 0.2) is 0 Å². The molecule has 0 spiro atoms. The van der Waals surface area contributed by atoms with Gasteiger partial charge < -0.3 is 14.7 Å². The number of hydrogen-bond acceptors (Lipinski definition) is 4. The zero-order chi connectivity index (χ0) is 8.97. The number of aliphatic hydroxyl groups is 1. The van der Waals surface area contributed by atoms with Crippen molar-refractivity contribution in [2.24, 2.45) is 0 Å². The van der Waals surface area contributed by atoms with Gasteiger partial charge in [0.1, 0.15) is 6.61 Å². The summed E-state index contributed by atoms with van der Waals surface area (Å²) in [5, 5.41) is 8.80. The van der Waals surface area contributed by atoms with Crippen LogP contribution in [0, 0.1) is 0 Å². The molecule has 1 unspecified atom stereocenters. The van der Waals surface area contributed by atoms with Gasteiger partial charge >= 0.3 is 5.97 Å². The number of nitrogens with zero attached hydrogens (tertiary/aromatic N) is 1. The van der Waals surface area contributed by atoms with Crippen molar-refractivity contribution in [3.8, 4) is 0 Å². The number of carbonyl (C=O) groups excluding carboxylic acids is 1. The molecule has 0 aromatic heterocycles. The minimum atomic E-state index is -0.560. The third-order valence-electron chi connectivity index (χ3n) is 1.66. The Morgan fingerprint density at radius 1 is 1.67 bits per heavy atom. The van der Waals surface area contributed by atoms with Crippen molar-refractivity contribution in [3.05, 3.63) is 0 Å². The number of hydrogen-bond donors (Lipinski definition) is 1. The molecule has 0 aromatic carbocycles. The second kappa shape index (κ2) is 4.42. The first-order valence-corrected chi connectivity index (χ1v) is 4.24. The largest absolute Gasteiger partial charge is 0.463 e. The summed E-state index contributed by atoms with van der Waals surface area (Å²) in [6.45, 7) is 4.70. The summed E-state index contributed by atoms with van der Waals surface area (Å²) in [5.41, 5.74) is 0. The lowest BCUT2D eigenvalue weighted by Crippen LogP contribution is -2.17. The molecule has 1 heterocycles. The number of esters is 1. The van der Waals surface area contributed by atoms with Crippen molar-refractivity contribution in [1.82, 2.24) is 4.90 Å². The van der Waals surface area contributed by atoms with Crippen molar-refractivity contribution in [2.45, 2.75) is 19.4 Å². The monoisotopic (exact) mass is 173 g/mol. The van der Waals surface area contributed by atoms with Crippen LogP contribution in [0.4, 0.5) is 0 Å². The van der Waals surface area contributed by atoms with Crippen LogP contribution in [0.1, 0.15) is 13.3 Å². The zero-order valence-electron chi connectivity index (χ0n) is 7.32. The molecule has 12 heavy (non-hydrogen) atoms. The van der Waals surface area contributed by atoms with Crippen LogP contribution < -0.4 is 0 Å². The molecule has 70 valence electrons. The average Bonchev–Trinajstić information content (AvgIpc) is 2.80. The molecular weight excluding hydrogens is 158 g/mol. The van der Waals surface area contributed by atoms with Crippen LogP contribution in [-0.4, -0.2) is 48.3 Å². The highest BCUT2D eigenvalue weighted by atomic mass is 16.5. The summed E-state index contributed by atoms with van der Waals surface area (Å²) in [7, 11) is 0. The number of ether oxygens (including phenoxy) is 1. The fourth-order valence-electron chi connectivity index (χ4n) is 0.829. The van der Waals surface area contributed by atoms with E-state index in [4.69, 9.17) is 9.84 Å². The molecule has 0 amide bonds. The first-order valence-electron chi connectivity index (χ1n) is 4.24. The van der Waals surface area contributed by atoms with Crippen LogP contribution in [0.5, 0.6) is 0 Å². The topological polar surface area (TPSA) is 49.5 Å². The van der Waals surface area contributed by atoms with E-state index in [-0.39, 0.29) is 12.6 Å². The molecule has 1 aliphatic rings. The highest BCUT2D eigenvalue weighted by Gasteiger charge is 2.18. The molecule has 0 aliphatic carbocycles. The van der Waals surface area contributed by atoms with Gasteiger partial charge in [-0.2, -0.15) is 0 Å². The Morgan fingerprint density at radius 3 is 2.83 bits per heavy atom. The second-order valence-electron chi connectivity index (χ2n) is 3.12. The Labute approximate surface area is 72.1 Å². The Bertz CT molecular complexity index is 146. The molecule has 0 aromatic rings. The normalized spacial score (nSPS) is 18.8. The van der Waals surface area contributed by atoms with Gasteiger partial charge in [0.05, 0.1) is 12.5 Å². The van der Waals surface area contributed by atoms with Crippen LogP contribution in [0.2, 0.25) is 0 Å². The van der Waals surface area contributed by atoms with Crippen molar-refractivity contribution in [3.63, 3.8) is 0 Å². The van der Waals surface area contributed by atoms with Gasteiger partial charge in [-0.15, -0.1) is 0 Å². The van der Waals surface area contributed by atoms with Crippen LogP contribution in [-0.2, 0) is 9.53 Å². The third kappa shape index (κ3) is 4.31. The fraction of sp³-hybridized carbons (Fsp3) is 0.875. The quantitative estimate of drug-likeness (QED) is 0.454. The molecule has 1 saturated heterocycles. The zero-order valence-corrected chi connectivity index (χ0v) is 7.32. The number of aliphatic hydroxyl groups excluding tert-OH is 1. The molecule has 1 fully saturated rings. The van der Waals surface area contributed by atoms with Gasteiger partial charge in [-0.3, -0.25) is 4.79 Å². The highest BCUT2D eigenvalue weighted by molar-refractivity contribution is 5.69. The van der Waals surface area contributed by atoms with Gasteiger partial charge in [-0.25, -0.2) is 0 Å². The van der Waals surface area contributed by atoms with E-state index in [2.05, 4.69) is 4.90 Å². The van der Waals surface area contributed by atoms with Crippen LogP contribution >= 0.6 is 0 Å². The van der Waals surface area contributed by atoms with E-state index >= 15 is 0 Å². The van der Waals surface area contributed by atoms with Gasteiger partial charge in [-0.1, -0.05) is 0 Å². The number of rotatable bonds is 5. The molecule has 0 bridgehead atoms. The first-order chi connectivity index (χ1) is 5.68. The van der Waals surface area contributed by atoms with Crippen molar-refractivity contribution in [1.29, 1.82) is 0 Å². The molecule has 4 heteroatoms. The van der Waals surface area contributed by atoms with Gasteiger partial charge in [0.2, 0.25) is 0 Å². The summed E-state index contributed by atoms with van der Waals surface area (Å²) >= 11 is 0. The maximum absolute atomic E-state index is 10.9. The average molecular weight is 173 g/mol. The predicted octanol–water partition coefficient (Wildman–Crippen LogP) is -0.384. The summed E-state index contributed by atoms with van der Waals surface area (Å²) in [6, 6.07) is 0. The van der Waals surface area contributed by atoms with Crippen molar-refractivity contribution >= 4 is 5.97 Å². The van der Waals surface area contributed by atoms with Crippen LogP contribution in [0.3, 0.4) is 0 Å². The van der Waals surface area contributed by atoms with E-state index in [9.17, 15) is 4.79 Å². The molecule has 1 N–H and O–H groups in total. The Hall–Kier alpha value is -0.610. The van der Waals surface area contributed by atoms with Crippen LogP contribution in [0.15, 0.2) is 0 Å². The van der Waals surface area contributed by atoms with Gasteiger partial charge in [0, 0.05) is 19.6 Å². The van der Waals surface area contributed by atoms with E-state index < -0.39 is 6.10 Å². The summed E-state index contributed by atoms with van der Waals surface area (Å²) in [5.74, 6) is -0.220. The molecule has 1 atom stereocenters. The lowest BCUT2D eigenvalue weighted by Gasteiger charge is -2.06. The van der Waals surface area contributed by atoms with Gasteiger partial charge in [0.25, 0.3) is 0 Å². The standard InChI is InChI=1S/C8H15NO3/c1-7(10)6-12-8(11)2-3-9-4-5-9/h7,10H,2-6H2,1H3. The predicted molar refractivity (Wildman–Crippen MR) is 43.7 cm³/mol. The van der Waals surface area contributed by atoms with E-state index in [0.29, 0.717) is 6.42 Å². The maximum atomic E-state index is 10.9. The SMILES string of the molecule is CC(O)COC(=O)CCN1CC1. The summed E-state index contributed by atoms with van der Waals surface area (Å²) in [4.78, 5) is 13.1. The first kappa shape index (κ1) is 9.48. The van der Waals surface area contributed by atoms with E-state index in [0.717, 1.165) is 19.6 Å². The lowest BCUT2D eigenvalue weighted by molar-refractivity contribution is -0.146. The Morgan fingerprint density at radius 2 is 2.33 bits per heavy atom. The van der Waals surface area contributed by atoms with E-state index in [1.807, 2.05) is 0 Å². The van der Waals surface area contributed by atoms with Gasteiger partial charge in [-0.05, 0) is 6.92 Å². The molecule has 0 radical (unpaired) electrons. The Balaban J connectivity index is 1.95. The minimum absolute atomic E-state index is 0.110. The smallest absolute Gasteiger partial charge is 0.307 e. The highest BCUT2D eigenvalue weighted by Crippen LogP contribution is 2.04. The molecule has 4 nitrogen and oxygen atoms in total. The minimum Gasteiger partial charge on any atom is -0.463 e. The molecular formula is C8H15NO3. The van der Waals surface area contributed by atoms with Crippen molar-refractivity contribution in [2.75, 3.05) is 26.2 Å². The molecule has 1 rings (SSSR count). The maximum Gasteiger partial charge on any atom is 0.307 e. The van der Waals surface area contributed by atoms with E-state index in [1.54, 1.807) is 6.92 Å². The second-order valence-corrected chi connectivity index (χ2v) is 3.12. The molecule has 0 saturated carbocycles. The van der Waals surface area contributed by atoms with Crippen molar-refractivity contribution < 1.29 is 14.6 Å². The Kier molecular flexibility index (Phi) is 3.49. The lowest BCUT2D eigenvalue weighted by atomic mass is 10.4. The van der Waals surface area contributed by atoms with Crippen LogP contribution in [0.25, 0.3) is 0 Å². The summed E-state index contributed by atoms with van der Waals surface area (Å²) < 4.78 is 4.77. The third-order valence-corrected chi connectivity index (χ3v) is 1.66. The molecule has 1 aliphatic heterocycles. The number of carbonyl (C=O) groups is 1. The van der Waals surface area contributed by atoms with E-state index in [1.165, 1.54) is 0 Å².